The molecule has 2 N–H and O–H groups in total. The average molecular weight is 275 g/mol. The van der Waals surface area contributed by atoms with Crippen molar-refractivity contribution in [1.29, 1.82) is 5.41 Å². The fourth-order valence-corrected chi connectivity index (χ4v) is 1.74. The van der Waals surface area contributed by atoms with E-state index >= 15 is 0 Å². The highest BCUT2D eigenvalue weighted by Gasteiger charge is 2.13. The molecule has 0 unspecified atom stereocenters. The Morgan fingerprint density at radius 1 is 1.45 bits per heavy atom. The molecule has 20 heavy (non-hydrogen) atoms. The predicted octanol–water partition coefficient (Wildman–Crippen LogP) is 1.96. The van der Waals surface area contributed by atoms with Crippen LogP contribution in [0.1, 0.15) is 23.7 Å². The van der Waals surface area contributed by atoms with Gasteiger partial charge >= 0.3 is 0 Å². The van der Waals surface area contributed by atoms with Crippen molar-refractivity contribution in [1.82, 2.24) is 5.32 Å². The summed E-state index contributed by atoms with van der Waals surface area (Å²) in [6, 6.07) is 5.45. The molecule has 0 saturated heterocycles. The zero-order valence-corrected chi connectivity index (χ0v) is 10.8. The van der Waals surface area contributed by atoms with Crippen molar-refractivity contribution in [2.45, 2.75) is 13.3 Å². The van der Waals surface area contributed by atoms with Crippen LogP contribution in [0.15, 0.2) is 28.7 Å². The molecule has 0 spiro atoms. The molecule has 0 atom stereocenters. The fourth-order valence-electron chi connectivity index (χ4n) is 1.74. The Morgan fingerprint density at radius 3 is 2.85 bits per heavy atom. The van der Waals surface area contributed by atoms with Gasteiger partial charge in [0.15, 0.2) is 0 Å². The fraction of sp³-hybridized carbons (Fsp3) is 0.231. The summed E-state index contributed by atoms with van der Waals surface area (Å²) in [4.78, 5) is 22.1. The van der Waals surface area contributed by atoms with Crippen LogP contribution in [0.3, 0.4) is 0 Å². The standard InChI is InChI=1S/C13H13N3O4/c1-2-5-15-13(17)10-7-8-6-9(16(18)19)3-4-11(8)20-12(10)14/h3-4,6-7,14H,2,5H2,1H3,(H,15,17). The van der Waals surface area contributed by atoms with Gasteiger partial charge in [-0.25, -0.2) is 0 Å². The lowest BCUT2D eigenvalue weighted by atomic mass is 10.1. The van der Waals surface area contributed by atoms with Crippen LogP contribution < -0.4 is 10.9 Å². The lowest BCUT2D eigenvalue weighted by Crippen LogP contribution is -2.28. The van der Waals surface area contributed by atoms with Crippen molar-refractivity contribution in [2.24, 2.45) is 0 Å². The maximum absolute atomic E-state index is 11.9. The van der Waals surface area contributed by atoms with Crippen LogP contribution in [0.4, 0.5) is 5.69 Å². The molecule has 1 aromatic heterocycles. The maximum atomic E-state index is 11.9. The van der Waals surface area contributed by atoms with Crippen molar-refractivity contribution in [3.8, 4) is 0 Å². The van der Waals surface area contributed by atoms with Crippen LogP contribution in [-0.2, 0) is 0 Å². The van der Waals surface area contributed by atoms with Crippen molar-refractivity contribution in [2.75, 3.05) is 6.54 Å². The van der Waals surface area contributed by atoms with Crippen LogP contribution in [0.5, 0.6) is 0 Å². The zero-order chi connectivity index (χ0) is 14.7. The van der Waals surface area contributed by atoms with Crippen molar-refractivity contribution < 1.29 is 14.1 Å². The number of carbonyl (C=O) groups excluding carboxylic acids is 1. The molecule has 1 amide bonds. The number of nitrogens with one attached hydrogen (secondary N) is 2. The first-order chi connectivity index (χ1) is 9.52. The minimum Gasteiger partial charge on any atom is -0.438 e. The van der Waals surface area contributed by atoms with E-state index in [9.17, 15) is 14.9 Å². The van der Waals surface area contributed by atoms with E-state index in [1.54, 1.807) is 0 Å². The van der Waals surface area contributed by atoms with Gasteiger partial charge in [0.1, 0.15) is 11.1 Å². The van der Waals surface area contributed by atoms with E-state index in [1.165, 1.54) is 24.3 Å². The molecule has 0 bridgehead atoms. The molecule has 1 aromatic carbocycles. The minimum absolute atomic E-state index is 0.0615. The van der Waals surface area contributed by atoms with Crippen molar-refractivity contribution >= 4 is 22.6 Å². The monoisotopic (exact) mass is 275 g/mol. The molecular formula is C13H13N3O4. The Kier molecular flexibility index (Phi) is 3.79. The quantitative estimate of drug-likeness (QED) is 0.656. The number of rotatable bonds is 4. The molecule has 2 aromatic rings. The number of nitro benzene ring substituents is 1. The summed E-state index contributed by atoms with van der Waals surface area (Å²) >= 11 is 0. The Bertz CT molecular complexity index is 736. The van der Waals surface area contributed by atoms with Gasteiger partial charge in [-0.3, -0.25) is 20.3 Å². The summed E-state index contributed by atoms with van der Waals surface area (Å²) in [5.74, 6) is -0.422. The van der Waals surface area contributed by atoms with Crippen LogP contribution in [0, 0.1) is 15.5 Å². The second-order valence-corrected chi connectivity index (χ2v) is 4.22. The van der Waals surface area contributed by atoms with E-state index in [2.05, 4.69) is 5.32 Å². The largest absolute Gasteiger partial charge is 0.438 e. The molecule has 2 rings (SSSR count). The minimum atomic E-state index is -0.523. The first-order valence-corrected chi connectivity index (χ1v) is 6.08. The normalized spacial score (nSPS) is 10.4. The van der Waals surface area contributed by atoms with E-state index in [4.69, 9.17) is 9.83 Å². The molecule has 0 aliphatic heterocycles. The molecule has 1 heterocycles. The second kappa shape index (κ2) is 5.52. The number of benzene rings is 1. The van der Waals surface area contributed by atoms with E-state index in [0.29, 0.717) is 17.5 Å². The zero-order valence-electron chi connectivity index (χ0n) is 10.8. The number of non-ortho nitro benzene ring substituents is 1. The molecule has 7 nitrogen and oxygen atoms in total. The average Bonchev–Trinajstić information content (AvgIpc) is 2.43. The predicted molar refractivity (Wildman–Crippen MR) is 71.3 cm³/mol. The highest BCUT2D eigenvalue weighted by Crippen LogP contribution is 2.20. The van der Waals surface area contributed by atoms with Crippen LogP contribution >= 0.6 is 0 Å². The number of hydrogen-bond donors (Lipinski definition) is 2. The number of hydrogen-bond acceptors (Lipinski definition) is 5. The topological polar surface area (TPSA) is 109 Å². The maximum Gasteiger partial charge on any atom is 0.270 e. The van der Waals surface area contributed by atoms with Gasteiger partial charge in [0.2, 0.25) is 5.55 Å². The second-order valence-electron chi connectivity index (χ2n) is 4.22. The number of nitrogens with zero attached hydrogens (tertiary/aromatic N) is 1. The van der Waals surface area contributed by atoms with E-state index in [0.717, 1.165) is 6.42 Å². The molecule has 0 aliphatic rings. The van der Waals surface area contributed by atoms with E-state index < -0.39 is 10.8 Å². The molecule has 7 heteroatoms. The lowest BCUT2D eigenvalue weighted by Gasteiger charge is -2.04. The Balaban J connectivity index is 2.51. The van der Waals surface area contributed by atoms with Gasteiger partial charge in [0.05, 0.1) is 4.92 Å². The Hall–Kier alpha value is -2.70. The van der Waals surface area contributed by atoms with Gasteiger partial charge in [-0.2, -0.15) is 0 Å². The first kappa shape index (κ1) is 13.7. The SMILES string of the molecule is CCCNC(=O)c1cc2cc([N+](=O)[O-])ccc2oc1=N. The summed E-state index contributed by atoms with van der Waals surface area (Å²) < 4.78 is 5.21. The third-order valence-corrected chi connectivity index (χ3v) is 2.74. The van der Waals surface area contributed by atoms with Gasteiger partial charge in [0, 0.05) is 24.1 Å². The number of carbonyl (C=O) groups is 1. The number of amides is 1. The van der Waals surface area contributed by atoms with E-state index in [-0.39, 0.29) is 16.8 Å². The summed E-state index contributed by atoms with van der Waals surface area (Å²) in [6.07, 6.45) is 0.773. The van der Waals surface area contributed by atoms with E-state index in [1.807, 2.05) is 6.92 Å². The summed E-state index contributed by atoms with van der Waals surface area (Å²) in [7, 11) is 0. The van der Waals surface area contributed by atoms with Gasteiger partial charge < -0.3 is 9.73 Å². The summed E-state index contributed by atoms with van der Waals surface area (Å²) in [5, 5.41) is 21.5. The third kappa shape index (κ3) is 2.66. The molecule has 104 valence electrons. The number of nitro groups is 1. The molecular weight excluding hydrogens is 262 g/mol. The van der Waals surface area contributed by atoms with Crippen molar-refractivity contribution in [3.05, 3.63) is 45.5 Å². The van der Waals surface area contributed by atoms with Crippen LogP contribution in [-0.4, -0.2) is 17.4 Å². The lowest BCUT2D eigenvalue weighted by molar-refractivity contribution is -0.384. The smallest absolute Gasteiger partial charge is 0.270 e. The highest BCUT2D eigenvalue weighted by molar-refractivity contribution is 5.96. The first-order valence-electron chi connectivity index (χ1n) is 6.08. The number of fused-ring (bicyclic) bond motifs is 1. The molecule has 0 radical (unpaired) electrons. The molecule has 0 fully saturated rings. The molecule has 0 saturated carbocycles. The summed E-state index contributed by atoms with van der Waals surface area (Å²) in [5.41, 5.74) is 0.0318. The highest BCUT2D eigenvalue weighted by atomic mass is 16.6. The van der Waals surface area contributed by atoms with Crippen molar-refractivity contribution in [3.63, 3.8) is 0 Å². The van der Waals surface area contributed by atoms with Gasteiger partial charge in [0.25, 0.3) is 11.6 Å². The third-order valence-electron chi connectivity index (χ3n) is 2.74. The van der Waals surface area contributed by atoms with Gasteiger partial charge in [-0.1, -0.05) is 6.92 Å². The van der Waals surface area contributed by atoms with Crippen LogP contribution in [0.25, 0.3) is 11.0 Å². The van der Waals surface area contributed by atoms with Gasteiger partial charge in [-0.15, -0.1) is 0 Å². The molecule has 0 aliphatic carbocycles. The van der Waals surface area contributed by atoms with Gasteiger partial charge in [-0.05, 0) is 18.6 Å². The Labute approximate surface area is 113 Å². The summed E-state index contributed by atoms with van der Waals surface area (Å²) in [6.45, 7) is 2.40. The van der Waals surface area contributed by atoms with Crippen LogP contribution in [0.2, 0.25) is 0 Å². The Morgan fingerprint density at radius 2 is 2.20 bits per heavy atom.